The number of aromatic nitrogens is 2. The number of nitrogens with zero attached hydrogens (tertiary/aromatic N) is 1. The molecule has 0 atom stereocenters. The van der Waals surface area contributed by atoms with Gasteiger partial charge >= 0.3 is 71.3 Å². The van der Waals surface area contributed by atoms with Crippen LogP contribution < -0.4 is 5.46 Å². The van der Waals surface area contributed by atoms with Crippen LogP contribution in [0.5, 0.6) is 0 Å². The number of aromatic amines is 1. The molecule has 1 aromatic heterocycles. The van der Waals surface area contributed by atoms with Crippen molar-refractivity contribution < 1.29 is 11.0 Å². The first-order chi connectivity index (χ1) is 5.86. The van der Waals surface area contributed by atoms with Gasteiger partial charge < -0.3 is 11.0 Å². The van der Waals surface area contributed by atoms with Crippen LogP contribution in [0.3, 0.4) is 0 Å². The molecular formula is C9H9BN2O2. The second-order valence-corrected chi connectivity index (χ2v) is 2.56. The van der Waals surface area contributed by atoms with Crippen molar-refractivity contribution in [3.05, 3.63) is 36.7 Å². The predicted molar refractivity (Wildman–Crippen MR) is 53.3 cm³/mol. The molecule has 0 aliphatic heterocycles. The third-order valence-corrected chi connectivity index (χ3v) is 1.68. The van der Waals surface area contributed by atoms with Crippen LogP contribution in [-0.4, -0.2) is 28.8 Å². The van der Waals surface area contributed by atoms with Crippen LogP contribution in [0.4, 0.5) is 0 Å². The van der Waals surface area contributed by atoms with Gasteiger partial charge in [-0.1, -0.05) is 0 Å². The van der Waals surface area contributed by atoms with Gasteiger partial charge in [0, 0.05) is 0 Å². The average Bonchev–Trinajstić information content (AvgIpc) is 2.58. The van der Waals surface area contributed by atoms with Gasteiger partial charge in [0.25, 0.3) is 0 Å². The summed E-state index contributed by atoms with van der Waals surface area (Å²) in [6, 6.07) is 7.60. The Labute approximate surface area is 83.0 Å². The number of H-pyrrole nitrogens is 1. The molecule has 0 saturated heterocycles. The summed E-state index contributed by atoms with van der Waals surface area (Å²) in [4.78, 5) is 7.14. The molecule has 0 aliphatic rings. The zero-order valence-corrected chi connectivity index (χ0v) is 7.38. The molecule has 14 heavy (non-hydrogen) atoms. The fourth-order valence-corrected chi connectivity index (χ4v) is 1.06. The number of imidazole rings is 1. The smallest absolute Gasteiger partial charge is 0.870 e. The van der Waals surface area contributed by atoms with Crippen molar-refractivity contribution in [2.24, 2.45) is 0 Å². The van der Waals surface area contributed by atoms with Gasteiger partial charge in [0.15, 0.2) is 0 Å². The molecule has 0 amide bonds. The Kier molecular flexibility index (Phi) is 4.62. The van der Waals surface area contributed by atoms with Crippen LogP contribution in [-0.2, 0) is 0 Å². The molecule has 0 fully saturated rings. The van der Waals surface area contributed by atoms with Gasteiger partial charge in [0.2, 0.25) is 0 Å². The first-order valence-electron chi connectivity index (χ1n) is 3.71. The number of nitrogens with one attached hydrogen (secondary N) is 1. The number of benzene rings is 1. The maximum absolute atomic E-state index is 5.55. The van der Waals surface area contributed by atoms with Crippen LogP contribution in [0.1, 0.15) is 0 Å². The summed E-state index contributed by atoms with van der Waals surface area (Å²) in [5, 5.41) is 0. The van der Waals surface area contributed by atoms with Crippen LogP contribution in [0.15, 0.2) is 36.7 Å². The summed E-state index contributed by atoms with van der Waals surface area (Å²) < 4.78 is 0. The summed E-state index contributed by atoms with van der Waals surface area (Å²) in [5.74, 6) is 0.870. The molecule has 2 rings (SSSR count). The van der Waals surface area contributed by atoms with Crippen molar-refractivity contribution in [2.45, 2.75) is 0 Å². The van der Waals surface area contributed by atoms with Crippen molar-refractivity contribution in [1.29, 1.82) is 0 Å². The van der Waals surface area contributed by atoms with Gasteiger partial charge in [-0.05, 0) is 0 Å². The quantitative estimate of drug-likeness (QED) is 0.661. The molecular weight excluding hydrogens is 179 g/mol. The Morgan fingerprint density at radius 2 is 1.71 bits per heavy atom. The molecule has 0 radical (unpaired) electrons. The number of hydrogen-bond acceptors (Lipinski definition) is 3. The second kappa shape index (κ2) is 5.21. The van der Waals surface area contributed by atoms with E-state index in [1.54, 1.807) is 12.4 Å². The summed E-state index contributed by atoms with van der Waals surface area (Å²) >= 11 is 0. The Hall–Kier alpha value is -1.59. The normalized spacial score (nSPS) is 8.71. The van der Waals surface area contributed by atoms with Crippen LogP contribution in [0.25, 0.3) is 11.4 Å². The molecule has 2 aromatic rings. The Bertz CT molecular complexity index is 359. The standard InChI is InChI=1S/C9H7BN2.2H2O/c10-8-3-1-7(2-4-8)9-11-5-6-12-9;;/h1-6H,(H,11,12);2*1H2/q+2;;/p-2. The first-order valence-corrected chi connectivity index (χ1v) is 3.71. The molecule has 5 heteroatoms. The maximum Gasteiger partial charge on any atom is -0.870 e. The minimum Gasteiger partial charge on any atom is -0.870 e. The van der Waals surface area contributed by atoms with E-state index in [-0.39, 0.29) is 11.0 Å². The fourth-order valence-electron chi connectivity index (χ4n) is 1.06. The predicted octanol–water partition coefficient (Wildman–Crippen LogP) is 0.517. The van der Waals surface area contributed by atoms with Crippen molar-refractivity contribution in [3.63, 3.8) is 0 Å². The molecule has 70 valence electrons. The topological polar surface area (TPSA) is 88.7 Å². The molecule has 0 spiro atoms. The van der Waals surface area contributed by atoms with Gasteiger partial charge in [-0.25, -0.2) is 0 Å². The van der Waals surface area contributed by atoms with E-state index < -0.39 is 0 Å². The van der Waals surface area contributed by atoms with E-state index in [4.69, 9.17) is 7.85 Å². The summed E-state index contributed by atoms with van der Waals surface area (Å²) in [6.07, 6.45) is 3.53. The van der Waals surface area contributed by atoms with Gasteiger partial charge in [0.1, 0.15) is 0 Å². The van der Waals surface area contributed by atoms with E-state index in [1.807, 2.05) is 24.3 Å². The monoisotopic (exact) mass is 188 g/mol. The number of hydrogen-bond donors (Lipinski definition) is 1. The van der Waals surface area contributed by atoms with E-state index in [0.29, 0.717) is 0 Å². The van der Waals surface area contributed by atoms with E-state index in [0.717, 1.165) is 16.9 Å². The van der Waals surface area contributed by atoms with E-state index >= 15 is 0 Å². The van der Waals surface area contributed by atoms with Gasteiger partial charge in [0.05, 0.1) is 0 Å². The SMILES string of the molecule is [B+2]c1ccc(-c2ncc[nH]2)cc1.[OH-].[OH-]. The minimum absolute atomic E-state index is 0. The van der Waals surface area contributed by atoms with E-state index in [1.165, 1.54) is 0 Å². The van der Waals surface area contributed by atoms with Crippen molar-refractivity contribution in [1.82, 2.24) is 9.97 Å². The zero-order valence-electron chi connectivity index (χ0n) is 7.38. The maximum atomic E-state index is 5.55. The summed E-state index contributed by atoms with van der Waals surface area (Å²) in [5.41, 5.74) is 1.82. The molecule has 0 bridgehead atoms. The largest absolute Gasteiger partial charge is 0.870 e. The average molecular weight is 188 g/mol. The second-order valence-electron chi connectivity index (χ2n) is 2.56. The Morgan fingerprint density at radius 1 is 1.07 bits per heavy atom. The van der Waals surface area contributed by atoms with Gasteiger partial charge in [-0.15, -0.1) is 0 Å². The van der Waals surface area contributed by atoms with Crippen LogP contribution in [0, 0.1) is 0 Å². The molecule has 0 unspecified atom stereocenters. The minimum atomic E-state index is 0. The molecule has 1 heterocycles. The van der Waals surface area contributed by atoms with Crippen molar-refractivity contribution >= 4 is 13.3 Å². The van der Waals surface area contributed by atoms with Gasteiger partial charge in [-0.2, -0.15) is 0 Å². The number of rotatable bonds is 1. The van der Waals surface area contributed by atoms with Crippen molar-refractivity contribution in [3.8, 4) is 11.4 Å². The van der Waals surface area contributed by atoms with Crippen LogP contribution >= 0.6 is 0 Å². The fraction of sp³-hybridized carbons (Fsp3) is 0. The summed E-state index contributed by atoms with van der Waals surface area (Å²) in [6.45, 7) is 0. The van der Waals surface area contributed by atoms with E-state index in [2.05, 4.69) is 9.97 Å². The van der Waals surface area contributed by atoms with E-state index in [9.17, 15) is 0 Å². The molecule has 1 aromatic carbocycles. The molecule has 0 saturated carbocycles. The Balaban J connectivity index is 0.000000845. The Morgan fingerprint density at radius 3 is 2.21 bits per heavy atom. The molecule has 4 nitrogen and oxygen atoms in total. The third kappa shape index (κ3) is 2.45. The summed E-state index contributed by atoms with van der Waals surface area (Å²) in [7, 11) is 5.55. The first kappa shape index (κ1) is 12.4. The zero-order chi connectivity index (χ0) is 8.39. The third-order valence-electron chi connectivity index (χ3n) is 1.68. The molecule has 0 aliphatic carbocycles. The van der Waals surface area contributed by atoms with Gasteiger partial charge in [-0.3, -0.25) is 0 Å². The van der Waals surface area contributed by atoms with Crippen LogP contribution in [0.2, 0.25) is 0 Å². The molecule has 3 N–H and O–H groups in total. The van der Waals surface area contributed by atoms with Crippen molar-refractivity contribution in [2.75, 3.05) is 0 Å².